The molecule has 0 saturated heterocycles. The average molecular weight is 535 g/mol. The van der Waals surface area contributed by atoms with Gasteiger partial charge in [-0.15, -0.1) is 0 Å². The van der Waals surface area contributed by atoms with Crippen molar-refractivity contribution in [1.82, 2.24) is 10.6 Å². The van der Waals surface area contributed by atoms with Crippen molar-refractivity contribution < 1.29 is 9.59 Å². The molecule has 0 aliphatic carbocycles. The van der Waals surface area contributed by atoms with E-state index < -0.39 is 0 Å². The Morgan fingerprint density at radius 2 is 1.10 bits per heavy atom. The summed E-state index contributed by atoms with van der Waals surface area (Å²) in [4.78, 5) is 22.0. The van der Waals surface area contributed by atoms with Crippen molar-refractivity contribution in [3.05, 3.63) is 114 Å². The third-order valence-corrected chi connectivity index (χ3v) is 4.40. The number of carbonyl (C=O) groups is 2. The van der Waals surface area contributed by atoms with Gasteiger partial charge in [0.2, 0.25) is 0 Å². The summed E-state index contributed by atoms with van der Waals surface area (Å²) >= 11 is 0. The molecule has 3 aromatic carbocycles. The molecule has 0 aromatic heterocycles. The van der Waals surface area contributed by atoms with E-state index in [0.29, 0.717) is 18.5 Å². The van der Waals surface area contributed by atoms with Crippen molar-refractivity contribution in [3.8, 4) is 0 Å². The Morgan fingerprint density at radius 1 is 0.641 bits per heavy atom. The van der Waals surface area contributed by atoms with Crippen LogP contribution in [-0.4, -0.2) is 24.8 Å². The van der Waals surface area contributed by atoms with E-state index in [2.05, 4.69) is 41.8 Å². The Labute approximate surface area is 240 Å². The summed E-state index contributed by atoms with van der Waals surface area (Å²) in [6, 6.07) is 29.4. The monoisotopic (exact) mass is 534 g/mol. The molecule has 0 unspecified atom stereocenters. The molecule has 0 fully saturated rings. The summed E-state index contributed by atoms with van der Waals surface area (Å²) in [5.74, 6) is 0.159. The average Bonchev–Trinajstić information content (AvgIpc) is 3.04. The number of rotatable bonds is 8. The minimum Gasteiger partial charge on any atom is -0.352 e. The summed E-state index contributed by atoms with van der Waals surface area (Å²) in [7, 11) is 0. The normalized spacial score (nSPS) is 8.74. The van der Waals surface area contributed by atoms with Crippen LogP contribution in [-0.2, 0) is 11.3 Å². The van der Waals surface area contributed by atoms with E-state index in [4.69, 9.17) is 0 Å². The first kappa shape index (κ1) is 40.0. The fraction of sp³-hybridized carbons (Fsp3) is 0.371. The zero-order chi connectivity index (χ0) is 30.2. The van der Waals surface area contributed by atoms with Gasteiger partial charge in [0.15, 0.2) is 5.78 Å². The maximum atomic E-state index is 11.1. The van der Waals surface area contributed by atoms with E-state index in [-0.39, 0.29) is 11.7 Å². The van der Waals surface area contributed by atoms with Crippen LogP contribution in [0.1, 0.15) is 90.2 Å². The van der Waals surface area contributed by atoms with Crippen molar-refractivity contribution in [2.75, 3.05) is 13.1 Å². The summed E-state index contributed by atoms with van der Waals surface area (Å²) in [6.45, 7) is 20.6. The SMILES string of the molecule is CC.CC.CC.CCC(=O)/C=C/c1ccccc1.CCNC(=O)c1ccccc1.CCNCc1ccccc1. The van der Waals surface area contributed by atoms with Gasteiger partial charge in [0.1, 0.15) is 0 Å². The van der Waals surface area contributed by atoms with Crippen molar-refractivity contribution >= 4 is 17.8 Å². The predicted octanol–water partition coefficient (Wildman–Crippen LogP) is 8.99. The van der Waals surface area contributed by atoms with E-state index in [1.165, 1.54) is 5.56 Å². The smallest absolute Gasteiger partial charge is 0.251 e. The Balaban J connectivity index is -0.000000455. The fourth-order valence-electron chi connectivity index (χ4n) is 2.59. The van der Waals surface area contributed by atoms with E-state index in [0.717, 1.165) is 18.7 Å². The van der Waals surface area contributed by atoms with E-state index in [1.54, 1.807) is 18.2 Å². The molecule has 0 radical (unpaired) electrons. The standard InChI is InChI=1S/C11H12O.C9H11NO.C9H13N.3C2H6/c1-2-11(12)9-8-10-6-4-3-5-7-10;1-2-10-9(11)8-6-4-3-5-7-8;1-2-10-8-9-6-4-3-5-7-9;3*1-2/h3-9H,2H2,1H3;3-7H,2H2,1H3,(H,10,11);3-7,10H,2,8H2,1H3;3*1-2H3/b9-8+;;;;;. The maximum absolute atomic E-state index is 11.1. The first-order valence-electron chi connectivity index (χ1n) is 14.4. The Hall–Kier alpha value is -3.50. The van der Waals surface area contributed by atoms with Gasteiger partial charge >= 0.3 is 0 Å². The second-order valence-electron chi connectivity index (χ2n) is 7.06. The number of benzene rings is 3. The molecule has 0 heterocycles. The molecule has 4 nitrogen and oxygen atoms in total. The van der Waals surface area contributed by atoms with Crippen molar-refractivity contribution in [2.24, 2.45) is 0 Å². The highest BCUT2D eigenvalue weighted by molar-refractivity contribution is 5.94. The van der Waals surface area contributed by atoms with E-state index in [9.17, 15) is 9.59 Å². The highest BCUT2D eigenvalue weighted by Crippen LogP contribution is 2.01. The van der Waals surface area contributed by atoms with Gasteiger partial charge in [-0.25, -0.2) is 0 Å². The van der Waals surface area contributed by atoms with Crippen LogP contribution in [0.2, 0.25) is 0 Å². The van der Waals surface area contributed by atoms with Crippen molar-refractivity contribution in [3.63, 3.8) is 0 Å². The van der Waals surface area contributed by atoms with Crippen LogP contribution in [0, 0.1) is 0 Å². The van der Waals surface area contributed by atoms with E-state index in [1.807, 2.05) is 116 Å². The lowest BCUT2D eigenvalue weighted by molar-refractivity contribution is -0.114. The second kappa shape index (κ2) is 32.5. The predicted molar refractivity (Wildman–Crippen MR) is 173 cm³/mol. The molecule has 0 bridgehead atoms. The molecule has 39 heavy (non-hydrogen) atoms. The molecule has 0 aliphatic rings. The number of hydrogen-bond donors (Lipinski definition) is 2. The molecule has 3 rings (SSSR count). The summed E-state index contributed by atoms with van der Waals surface area (Å²) < 4.78 is 0. The third-order valence-electron chi connectivity index (χ3n) is 4.40. The Kier molecular flexibility index (Phi) is 33.4. The van der Waals surface area contributed by atoms with Crippen LogP contribution < -0.4 is 10.6 Å². The topological polar surface area (TPSA) is 58.2 Å². The molecule has 0 aliphatic heterocycles. The molecule has 2 N–H and O–H groups in total. The number of ketones is 1. The number of amides is 1. The van der Waals surface area contributed by atoms with Crippen molar-refractivity contribution in [1.29, 1.82) is 0 Å². The molecular weight excluding hydrogens is 480 g/mol. The lowest BCUT2D eigenvalue weighted by Gasteiger charge is -1.99. The first-order valence-corrected chi connectivity index (χ1v) is 14.4. The first-order chi connectivity index (χ1) is 19.1. The van der Waals surface area contributed by atoms with Gasteiger partial charge in [0, 0.05) is 25.1 Å². The number of carbonyl (C=O) groups excluding carboxylic acids is 2. The quantitative estimate of drug-likeness (QED) is 0.284. The molecule has 4 heteroatoms. The van der Waals surface area contributed by atoms with Gasteiger partial charge in [-0.2, -0.15) is 0 Å². The number of nitrogens with one attached hydrogen (secondary N) is 2. The van der Waals surface area contributed by atoms with Gasteiger partial charge in [0.25, 0.3) is 5.91 Å². The van der Waals surface area contributed by atoms with Gasteiger partial charge in [-0.05, 0) is 42.8 Å². The van der Waals surface area contributed by atoms with Crippen molar-refractivity contribution in [2.45, 2.75) is 75.3 Å². The summed E-state index contributed by atoms with van der Waals surface area (Å²) in [5, 5.41) is 5.99. The molecule has 1 amide bonds. The molecule has 3 aromatic rings. The highest BCUT2D eigenvalue weighted by Gasteiger charge is 1.99. The van der Waals surface area contributed by atoms with Crippen LogP contribution in [0.3, 0.4) is 0 Å². The minimum absolute atomic E-state index is 0.00639. The Morgan fingerprint density at radius 3 is 1.54 bits per heavy atom. The number of allylic oxidation sites excluding steroid dienone is 1. The van der Waals surface area contributed by atoms with E-state index >= 15 is 0 Å². The van der Waals surface area contributed by atoms with Crippen LogP contribution in [0.15, 0.2) is 97.1 Å². The van der Waals surface area contributed by atoms with Crippen LogP contribution in [0.25, 0.3) is 6.08 Å². The van der Waals surface area contributed by atoms with Crippen LogP contribution >= 0.6 is 0 Å². The third kappa shape index (κ3) is 24.6. The largest absolute Gasteiger partial charge is 0.352 e. The molecule has 216 valence electrons. The summed E-state index contributed by atoms with van der Waals surface area (Å²) in [6.07, 6.45) is 4.03. The lowest BCUT2D eigenvalue weighted by atomic mass is 10.2. The van der Waals surface area contributed by atoms with Gasteiger partial charge in [-0.3, -0.25) is 9.59 Å². The highest BCUT2D eigenvalue weighted by atomic mass is 16.1. The molecular formula is C35H54N2O2. The fourth-order valence-corrected chi connectivity index (χ4v) is 2.59. The Bertz CT molecular complexity index is 925. The zero-order valence-electron chi connectivity index (χ0n) is 26.0. The summed E-state index contributed by atoms with van der Waals surface area (Å²) in [5.41, 5.74) is 3.14. The molecule has 0 saturated carbocycles. The van der Waals surface area contributed by atoms with Crippen LogP contribution in [0.5, 0.6) is 0 Å². The second-order valence-corrected chi connectivity index (χ2v) is 7.06. The van der Waals surface area contributed by atoms with Gasteiger partial charge in [-0.1, -0.05) is 140 Å². The van der Waals surface area contributed by atoms with Gasteiger partial charge < -0.3 is 10.6 Å². The molecule has 0 atom stereocenters. The molecule has 0 spiro atoms. The minimum atomic E-state index is -0.00639. The van der Waals surface area contributed by atoms with Gasteiger partial charge in [0.05, 0.1) is 0 Å². The zero-order valence-corrected chi connectivity index (χ0v) is 26.0. The lowest BCUT2D eigenvalue weighted by Crippen LogP contribution is -2.22. The number of hydrogen-bond acceptors (Lipinski definition) is 3. The van der Waals surface area contributed by atoms with Crippen LogP contribution in [0.4, 0.5) is 0 Å². The maximum Gasteiger partial charge on any atom is 0.251 e.